The van der Waals surface area contributed by atoms with Gasteiger partial charge in [-0.05, 0) is 85.5 Å². The number of rotatable bonds is 10. The van der Waals surface area contributed by atoms with E-state index in [2.05, 4.69) is 52.4 Å². The van der Waals surface area contributed by atoms with Crippen LogP contribution in [0.25, 0.3) is 28.2 Å². The molecule has 1 N–H and O–H groups in total. The molecule has 1 saturated carbocycles. The molecule has 8 heteroatoms. The quantitative estimate of drug-likeness (QED) is 0.155. The molecule has 4 aromatic carbocycles. The zero-order chi connectivity index (χ0) is 35.6. The highest BCUT2D eigenvalue weighted by molar-refractivity contribution is 5.80. The number of nitrogens with one attached hydrogen (secondary N) is 1. The zero-order valence-corrected chi connectivity index (χ0v) is 29.7. The molecule has 0 atom stereocenters. The zero-order valence-electron chi connectivity index (χ0n) is 29.7. The van der Waals surface area contributed by atoms with Crippen LogP contribution in [0.15, 0.2) is 124 Å². The molecule has 6 aromatic rings. The van der Waals surface area contributed by atoms with Gasteiger partial charge in [-0.25, -0.2) is 9.78 Å². The summed E-state index contributed by atoms with van der Waals surface area (Å²) in [5, 5.41) is 3.84. The van der Waals surface area contributed by atoms with Gasteiger partial charge in [0.1, 0.15) is 12.1 Å². The monoisotopic (exact) mass is 682 g/mol. The molecule has 8 nitrogen and oxygen atoms in total. The van der Waals surface area contributed by atoms with Gasteiger partial charge in [0, 0.05) is 17.5 Å². The Morgan fingerprint density at radius 3 is 2.18 bits per heavy atom. The van der Waals surface area contributed by atoms with Crippen molar-refractivity contribution < 1.29 is 9.26 Å². The molecular formula is C43H46N4O4. The fourth-order valence-electron chi connectivity index (χ4n) is 6.75. The number of nitrogens with zero attached hydrogens (tertiary/aromatic N) is 3. The Morgan fingerprint density at radius 2 is 1.53 bits per heavy atom. The van der Waals surface area contributed by atoms with Crippen LogP contribution in [0.3, 0.4) is 0 Å². The first-order chi connectivity index (χ1) is 24.9. The molecule has 0 amide bonds. The minimum absolute atomic E-state index is 0.0737. The van der Waals surface area contributed by atoms with Crippen LogP contribution in [0.5, 0.6) is 5.75 Å². The van der Waals surface area contributed by atoms with Gasteiger partial charge in [0.2, 0.25) is 0 Å². The largest absolute Gasteiger partial charge is 0.491 e. The summed E-state index contributed by atoms with van der Waals surface area (Å²) in [6.45, 7) is 6.04. The van der Waals surface area contributed by atoms with E-state index in [4.69, 9.17) is 9.26 Å². The van der Waals surface area contributed by atoms with E-state index in [1.54, 1.807) is 16.5 Å². The second kappa shape index (κ2) is 16.9. The van der Waals surface area contributed by atoms with Gasteiger partial charge in [-0.3, -0.25) is 18.9 Å². The number of hydrogen-bond acceptors (Lipinski definition) is 6. The van der Waals surface area contributed by atoms with Gasteiger partial charge in [-0.2, -0.15) is 0 Å². The molecule has 0 spiro atoms. The standard InChI is InChI=1S/C31H30N4O4.C12H16/c1-4-7-28-27(30(36)35(19-32-28)23-14-16-24(17-15-23)38-20(2)3)18-21-10-12-22(13-11-21)25-8-5-6-9-26(25)29-33-31(37)39-34-29;1-3-7-11(8-4-1)12-9-5-2-6-10-12/h5-6,8-17,19-20H,4,7,18H2,1-3H3,(H,33,34,37);1,3-4,7-8,12H,2,5-6,9-10H2. The lowest BCUT2D eigenvalue weighted by Crippen LogP contribution is -2.25. The highest BCUT2D eigenvalue weighted by atomic mass is 16.5. The molecule has 51 heavy (non-hydrogen) atoms. The van der Waals surface area contributed by atoms with Crippen molar-refractivity contribution in [2.24, 2.45) is 0 Å². The number of aromatic amines is 1. The van der Waals surface area contributed by atoms with Gasteiger partial charge >= 0.3 is 5.76 Å². The number of aromatic nitrogens is 4. The number of hydrogen-bond donors (Lipinski definition) is 1. The van der Waals surface area contributed by atoms with Crippen molar-refractivity contribution in [3.8, 4) is 34.0 Å². The Bertz CT molecular complexity index is 2110. The molecule has 1 aliphatic rings. The lowest BCUT2D eigenvalue weighted by atomic mass is 9.84. The molecule has 0 bridgehead atoms. The summed E-state index contributed by atoms with van der Waals surface area (Å²) in [6.07, 6.45) is 10.9. The van der Waals surface area contributed by atoms with Gasteiger partial charge in [0.05, 0.1) is 17.5 Å². The highest BCUT2D eigenvalue weighted by Gasteiger charge is 2.16. The molecule has 1 aliphatic carbocycles. The molecule has 1 fully saturated rings. The molecule has 0 unspecified atom stereocenters. The average molecular weight is 683 g/mol. The van der Waals surface area contributed by atoms with Crippen molar-refractivity contribution in [3.05, 3.63) is 153 Å². The first kappa shape index (κ1) is 35.3. The Hall–Kier alpha value is -5.50. The predicted molar refractivity (Wildman–Crippen MR) is 203 cm³/mol. The summed E-state index contributed by atoms with van der Waals surface area (Å²) in [5.74, 6) is 1.40. The van der Waals surface area contributed by atoms with Crippen LogP contribution in [0.1, 0.15) is 87.6 Å². The fraction of sp³-hybridized carbons (Fsp3) is 0.302. The number of benzene rings is 4. The van der Waals surface area contributed by atoms with Crippen molar-refractivity contribution in [2.45, 2.75) is 84.2 Å². The van der Waals surface area contributed by atoms with E-state index < -0.39 is 5.76 Å². The van der Waals surface area contributed by atoms with E-state index in [1.165, 1.54) is 32.1 Å². The third-order valence-corrected chi connectivity index (χ3v) is 9.27. The van der Waals surface area contributed by atoms with Gasteiger partial charge < -0.3 is 4.74 Å². The van der Waals surface area contributed by atoms with Crippen LogP contribution in [0.2, 0.25) is 0 Å². The van der Waals surface area contributed by atoms with E-state index >= 15 is 0 Å². The molecule has 0 saturated heterocycles. The highest BCUT2D eigenvalue weighted by Crippen LogP contribution is 2.32. The van der Waals surface area contributed by atoms with Crippen molar-refractivity contribution >= 4 is 0 Å². The van der Waals surface area contributed by atoms with E-state index in [1.807, 2.05) is 86.6 Å². The van der Waals surface area contributed by atoms with Gasteiger partial charge in [-0.1, -0.05) is 117 Å². The third kappa shape index (κ3) is 9.00. The summed E-state index contributed by atoms with van der Waals surface area (Å²) >= 11 is 0. The molecule has 0 radical (unpaired) electrons. The molecule has 262 valence electrons. The maximum atomic E-state index is 13.7. The van der Waals surface area contributed by atoms with E-state index in [0.717, 1.165) is 58.1 Å². The summed E-state index contributed by atoms with van der Waals surface area (Å²) < 4.78 is 12.0. The van der Waals surface area contributed by atoms with Gasteiger partial charge in [0.25, 0.3) is 5.56 Å². The van der Waals surface area contributed by atoms with Gasteiger partial charge in [-0.15, -0.1) is 0 Å². The van der Waals surface area contributed by atoms with Crippen molar-refractivity contribution in [3.63, 3.8) is 0 Å². The molecule has 0 aliphatic heterocycles. The topological polar surface area (TPSA) is 103 Å². The van der Waals surface area contributed by atoms with Crippen LogP contribution in [-0.4, -0.2) is 25.8 Å². The minimum atomic E-state index is -0.597. The lowest BCUT2D eigenvalue weighted by Gasteiger charge is -2.21. The summed E-state index contributed by atoms with van der Waals surface area (Å²) in [5.41, 5.74) is 7.37. The first-order valence-corrected chi connectivity index (χ1v) is 18.1. The van der Waals surface area contributed by atoms with E-state index in [9.17, 15) is 9.59 Å². The molecular weight excluding hydrogens is 636 g/mol. The Labute approximate surface area is 299 Å². The van der Waals surface area contributed by atoms with E-state index in [0.29, 0.717) is 17.8 Å². The Morgan fingerprint density at radius 1 is 0.843 bits per heavy atom. The van der Waals surface area contributed by atoms with E-state index in [-0.39, 0.29) is 11.7 Å². The van der Waals surface area contributed by atoms with Crippen LogP contribution in [0.4, 0.5) is 0 Å². The number of H-pyrrole nitrogens is 1. The predicted octanol–water partition coefficient (Wildman–Crippen LogP) is 9.31. The first-order valence-electron chi connectivity index (χ1n) is 18.1. The average Bonchev–Trinajstić information content (AvgIpc) is 3.60. The Kier molecular flexibility index (Phi) is 11.7. The third-order valence-electron chi connectivity index (χ3n) is 9.27. The Balaban J connectivity index is 0.000000313. The van der Waals surface area contributed by atoms with Crippen LogP contribution in [0, 0.1) is 0 Å². The van der Waals surface area contributed by atoms with Crippen molar-refractivity contribution in [1.82, 2.24) is 19.7 Å². The molecule has 2 aromatic heterocycles. The molecule has 7 rings (SSSR count). The van der Waals surface area contributed by atoms with Crippen LogP contribution < -0.4 is 16.1 Å². The fourth-order valence-corrected chi connectivity index (χ4v) is 6.75. The minimum Gasteiger partial charge on any atom is -0.491 e. The normalized spacial score (nSPS) is 13.1. The van der Waals surface area contributed by atoms with Crippen molar-refractivity contribution in [1.29, 1.82) is 0 Å². The number of aryl methyl sites for hydroxylation is 1. The summed E-state index contributed by atoms with van der Waals surface area (Å²) in [7, 11) is 0. The van der Waals surface area contributed by atoms with Crippen molar-refractivity contribution in [2.75, 3.05) is 0 Å². The summed E-state index contributed by atoms with van der Waals surface area (Å²) in [6, 6.07) is 34.2. The number of ether oxygens (including phenoxy) is 1. The molecule has 2 heterocycles. The lowest BCUT2D eigenvalue weighted by molar-refractivity contribution is 0.242. The van der Waals surface area contributed by atoms with Gasteiger partial charge in [0.15, 0.2) is 5.82 Å². The summed E-state index contributed by atoms with van der Waals surface area (Å²) in [4.78, 5) is 32.4. The van der Waals surface area contributed by atoms with Crippen LogP contribution in [-0.2, 0) is 12.8 Å². The van der Waals surface area contributed by atoms with Crippen LogP contribution >= 0.6 is 0 Å². The maximum absolute atomic E-state index is 13.7. The SMILES string of the molecule is CCCc1ncn(-c2ccc(OC(C)C)cc2)c(=O)c1Cc1ccc(-c2ccccc2-c2noc(=O)[nH]2)cc1.c1ccc(C2CCCCC2)cc1. The smallest absolute Gasteiger partial charge is 0.439 e. The second-order valence-electron chi connectivity index (χ2n) is 13.4. The maximum Gasteiger partial charge on any atom is 0.439 e. The second-order valence-corrected chi connectivity index (χ2v) is 13.4.